The quantitative estimate of drug-likeness (QED) is 0.369. The van der Waals surface area contributed by atoms with Crippen LogP contribution in [0, 0.1) is 0 Å². The molecule has 0 amide bonds. The molecule has 4 rings (SSSR count). The number of aromatic nitrogens is 2. The third kappa shape index (κ3) is 5.86. The van der Waals surface area contributed by atoms with Crippen LogP contribution in [0.1, 0.15) is 59.1 Å². The Balaban J connectivity index is 1.38. The lowest BCUT2D eigenvalue weighted by atomic mass is 9.96. The van der Waals surface area contributed by atoms with Gasteiger partial charge in [0.25, 0.3) is 0 Å². The lowest BCUT2D eigenvalue weighted by molar-refractivity contribution is -0.137. The van der Waals surface area contributed by atoms with Crippen LogP contribution in [0.25, 0.3) is 0 Å². The summed E-state index contributed by atoms with van der Waals surface area (Å²) in [6.45, 7) is 1.00. The fourth-order valence-electron chi connectivity index (χ4n) is 4.31. The highest BCUT2D eigenvalue weighted by Gasteiger charge is 2.23. The number of nitrogens with one attached hydrogen (secondary N) is 1. The van der Waals surface area contributed by atoms with Crippen LogP contribution in [0.2, 0.25) is 0 Å². The number of carboxylic acid groups (broad SMARTS) is 1. The smallest absolute Gasteiger partial charge is 0.304 e. The van der Waals surface area contributed by atoms with Gasteiger partial charge in [-0.05, 0) is 67.9 Å². The van der Waals surface area contributed by atoms with Crippen molar-refractivity contribution in [2.45, 2.75) is 50.9 Å². The normalized spacial score (nSPS) is 13.6. The van der Waals surface area contributed by atoms with Crippen LogP contribution >= 0.6 is 11.3 Å². The molecular formula is C26H31N3O4S. The number of aryl methyl sites for hydroxylation is 3. The summed E-state index contributed by atoms with van der Waals surface area (Å²) in [6, 6.07) is 9.88. The Labute approximate surface area is 204 Å². The van der Waals surface area contributed by atoms with Gasteiger partial charge in [-0.3, -0.25) is 4.79 Å². The lowest BCUT2D eigenvalue weighted by Crippen LogP contribution is -2.14. The van der Waals surface area contributed by atoms with Gasteiger partial charge in [-0.15, -0.1) is 11.3 Å². The summed E-state index contributed by atoms with van der Waals surface area (Å²) >= 11 is 1.52. The number of pyridine rings is 1. The van der Waals surface area contributed by atoms with Crippen LogP contribution in [-0.4, -0.2) is 41.8 Å². The van der Waals surface area contributed by atoms with Crippen molar-refractivity contribution in [1.29, 1.82) is 0 Å². The van der Waals surface area contributed by atoms with Crippen molar-refractivity contribution in [2.24, 2.45) is 0 Å². The van der Waals surface area contributed by atoms with Crippen LogP contribution in [0.5, 0.6) is 11.5 Å². The molecule has 2 aromatic heterocycles. The van der Waals surface area contributed by atoms with E-state index in [1.165, 1.54) is 23.3 Å². The van der Waals surface area contributed by atoms with Crippen molar-refractivity contribution in [1.82, 2.24) is 9.97 Å². The number of benzene rings is 1. The number of methoxy groups -OCH3 is 2. The molecule has 180 valence electrons. The second-order valence-electron chi connectivity index (χ2n) is 8.49. The first-order valence-corrected chi connectivity index (χ1v) is 12.6. The van der Waals surface area contributed by atoms with Crippen molar-refractivity contribution in [2.75, 3.05) is 26.1 Å². The molecule has 3 heterocycles. The van der Waals surface area contributed by atoms with Gasteiger partial charge >= 0.3 is 5.97 Å². The highest BCUT2D eigenvalue weighted by Crippen LogP contribution is 2.36. The van der Waals surface area contributed by atoms with Gasteiger partial charge in [0.05, 0.1) is 26.3 Å². The first-order chi connectivity index (χ1) is 16.6. The van der Waals surface area contributed by atoms with Gasteiger partial charge in [-0.1, -0.05) is 12.1 Å². The molecule has 1 aliphatic rings. The molecule has 0 fully saturated rings. The average molecular weight is 482 g/mol. The van der Waals surface area contributed by atoms with Crippen LogP contribution in [0.15, 0.2) is 35.7 Å². The Kier molecular flexibility index (Phi) is 8.00. The van der Waals surface area contributed by atoms with E-state index in [1.807, 2.05) is 23.6 Å². The monoisotopic (exact) mass is 481 g/mol. The number of anilines is 1. The predicted molar refractivity (Wildman–Crippen MR) is 133 cm³/mol. The molecule has 2 N–H and O–H groups in total. The van der Waals surface area contributed by atoms with Gasteiger partial charge in [0.2, 0.25) is 0 Å². The standard InChI is InChI=1S/C26H31N3O4S/c1-32-22-12-10-18(14-23(22)33-2)21(15-24(30)31)26-29-20(16-34-26)8-4-3-7-19-11-9-17-6-5-13-27-25(17)28-19/h9-12,14,16,21H,3-8,13,15H2,1-2H3,(H,27,28)(H,30,31)/t21-/m0/s1. The topological polar surface area (TPSA) is 93.6 Å². The third-order valence-corrected chi connectivity index (χ3v) is 7.13. The van der Waals surface area contributed by atoms with E-state index >= 15 is 0 Å². The Bertz CT molecular complexity index is 1130. The fourth-order valence-corrected chi connectivity index (χ4v) is 5.29. The van der Waals surface area contributed by atoms with Gasteiger partial charge in [0.15, 0.2) is 11.5 Å². The number of unbranched alkanes of at least 4 members (excludes halogenated alkanes) is 1. The molecule has 1 aromatic carbocycles. The van der Waals surface area contributed by atoms with E-state index < -0.39 is 5.97 Å². The van der Waals surface area contributed by atoms with Crippen LogP contribution in [-0.2, 0) is 24.1 Å². The SMILES string of the molecule is COc1ccc([C@H](CC(=O)O)c2nc(CCCCc3ccc4c(n3)NCCC4)cs2)cc1OC. The number of rotatable bonds is 11. The van der Waals surface area contributed by atoms with Crippen molar-refractivity contribution >= 4 is 23.1 Å². The van der Waals surface area contributed by atoms with Crippen LogP contribution in [0.4, 0.5) is 5.82 Å². The minimum absolute atomic E-state index is 0.0273. The zero-order valence-corrected chi connectivity index (χ0v) is 20.5. The van der Waals surface area contributed by atoms with E-state index in [0.29, 0.717) is 11.5 Å². The van der Waals surface area contributed by atoms with E-state index in [2.05, 4.69) is 17.4 Å². The van der Waals surface area contributed by atoms with Gasteiger partial charge in [0.1, 0.15) is 10.8 Å². The summed E-state index contributed by atoms with van der Waals surface area (Å²) in [6.07, 6.45) is 6.10. The molecule has 7 nitrogen and oxygen atoms in total. The van der Waals surface area contributed by atoms with Gasteiger partial charge in [0, 0.05) is 23.5 Å². The molecular weight excluding hydrogens is 450 g/mol. The van der Waals surface area contributed by atoms with Crippen molar-refractivity contribution in [3.8, 4) is 11.5 Å². The minimum Gasteiger partial charge on any atom is -0.493 e. The van der Waals surface area contributed by atoms with E-state index in [-0.39, 0.29) is 12.3 Å². The van der Waals surface area contributed by atoms with E-state index in [9.17, 15) is 9.90 Å². The molecule has 0 saturated carbocycles. The molecule has 0 bridgehead atoms. The summed E-state index contributed by atoms with van der Waals surface area (Å²) in [5, 5.41) is 15.8. The fraction of sp³-hybridized carbons (Fsp3) is 0.423. The Morgan fingerprint density at radius 2 is 1.88 bits per heavy atom. The molecule has 1 atom stereocenters. The zero-order chi connectivity index (χ0) is 23.9. The number of nitrogens with zero attached hydrogens (tertiary/aromatic N) is 2. The minimum atomic E-state index is -0.858. The molecule has 0 radical (unpaired) electrons. The lowest BCUT2D eigenvalue weighted by Gasteiger charge is -2.17. The summed E-state index contributed by atoms with van der Waals surface area (Å²) in [5.74, 6) is 1.06. The van der Waals surface area contributed by atoms with Crippen LogP contribution < -0.4 is 14.8 Å². The number of ether oxygens (including phenoxy) is 2. The van der Waals surface area contributed by atoms with E-state index in [0.717, 1.165) is 66.4 Å². The Hall–Kier alpha value is -3.13. The predicted octanol–water partition coefficient (Wildman–Crippen LogP) is 5.09. The molecule has 8 heteroatoms. The maximum Gasteiger partial charge on any atom is 0.304 e. The summed E-state index contributed by atoms with van der Waals surface area (Å²) in [7, 11) is 3.16. The molecule has 3 aromatic rings. The zero-order valence-electron chi connectivity index (χ0n) is 19.7. The second kappa shape index (κ2) is 11.3. The number of thiazole rings is 1. The van der Waals surface area contributed by atoms with Gasteiger partial charge < -0.3 is 19.9 Å². The number of carbonyl (C=O) groups is 1. The van der Waals surface area contributed by atoms with Gasteiger partial charge in [-0.25, -0.2) is 9.97 Å². The third-order valence-electron chi connectivity index (χ3n) is 6.12. The molecule has 0 saturated heterocycles. The van der Waals surface area contributed by atoms with Crippen molar-refractivity contribution < 1.29 is 19.4 Å². The number of hydrogen-bond acceptors (Lipinski definition) is 7. The first kappa shape index (κ1) is 24.0. The summed E-state index contributed by atoms with van der Waals surface area (Å²) in [4.78, 5) is 21.2. The Morgan fingerprint density at radius 3 is 2.65 bits per heavy atom. The molecule has 1 aliphatic heterocycles. The second-order valence-corrected chi connectivity index (χ2v) is 9.38. The Morgan fingerprint density at radius 1 is 1.09 bits per heavy atom. The number of aliphatic carboxylic acids is 1. The number of carboxylic acids is 1. The largest absolute Gasteiger partial charge is 0.493 e. The summed E-state index contributed by atoms with van der Waals surface area (Å²) < 4.78 is 10.7. The highest BCUT2D eigenvalue weighted by molar-refractivity contribution is 7.09. The molecule has 0 unspecified atom stereocenters. The number of hydrogen-bond donors (Lipinski definition) is 2. The van der Waals surface area contributed by atoms with Crippen LogP contribution in [0.3, 0.4) is 0 Å². The van der Waals surface area contributed by atoms with Crippen molar-refractivity contribution in [3.63, 3.8) is 0 Å². The van der Waals surface area contributed by atoms with E-state index in [4.69, 9.17) is 19.4 Å². The van der Waals surface area contributed by atoms with Crippen molar-refractivity contribution in [3.05, 3.63) is 63.2 Å². The maximum atomic E-state index is 11.6. The highest BCUT2D eigenvalue weighted by atomic mass is 32.1. The molecule has 34 heavy (non-hydrogen) atoms. The maximum absolute atomic E-state index is 11.6. The van der Waals surface area contributed by atoms with E-state index in [1.54, 1.807) is 14.2 Å². The van der Waals surface area contributed by atoms with Gasteiger partial charge in [-0.2, -0.15) is 0 Å². The summed E-state index contributed by atoms with van der Waals surface area (Å²) in [5.41, 5.74) is 4.31. The first-order valence-electron chi connectivity index (χ1n) is 11.7. The molecule has 0 spiro atoms. The number of fused-ring (bicyclic) bond motifs is 1. The average Bonchev–Trinajstić information content (AvgIpc) is 3.33. The molecule has 0 aliphatic carbocycles.